The van der Waals surface area contributed by atoms with E-state index in [0.29, 0.717) is 19.5 Å². The van der Waals surface area contributed by atoms with Crippen LogP contribution in [0.25, 0.3) is 0 Å². The molecule has 1 fully saturated rings. The Kier molecular flexibility index (Phi) is 4.40. The second-order valence-electron chi connectivity index (χ2n) is 3.89. The van der Waals surface area contributed by atoms with Crippen LogP contribution >= 0.6 is 11.6 Å². The van der Waals surface area contributed by atoms with Crippen LogP contribution in [-0.2, 0) is 14.6 Å². The number of rotatable bonds is 2. The standard InChI is InChI=1S/C9H16ClNO3S/c1-8(7-10)9(12)11-3-2-5-15(13,14)6-4-11/h8H,2-7H2,1H3. The number of carbonyl (C=O) groups excluding carboxylic acids is 1. The van der Waals surface area contributed by atoms with Gasteiger partial charge in [-0.15, -0.1) is 11.6 Å². The average Bonchev–Trinajstić information content (AvgIpc) is 2.37. The lowest BCUT2D eigenvalue weighted by molar-refractivity contribution is -0.134. The van der Waals surface area contributed by atoms with E-state index >= 15 is 0 Å². The molecule has 0 aromatic heterocycles. The quantitative estimate of drug-likeness (QED) is 0.674. The average molecular weight is 254 g/mol. The van der Waals surface area contributed by atoms with Crippen molar-refractivity contribution in [3.63, 3.8) is 0 Å². The molecule has 1 amide bonds. The molecule has 0 aromatic carbocycles. The first-order valence-corrected chi connectivity index (χ1v) is 7.37. The van der Waals surface area contributed by atoms with Gasteiger partial charge in [-0.3, -0.25) is 4.79 Å². The minimum absolute atomic E-state index is 0.0397. The maximum Gasteiger partial charge on any atom is 0.226 e. The summed E-state index contributed by atoms with van der Waals surface area (Å²) < 4.78 is 22.6. The highest BCUT2D eigenvalue weighted by molar-refractivity contribution is 7.91. The summed E-state index contributed by atoms with van der Waals surface area (Å²) in [4.78, 5) is 13.3. The molecular formula is C9H16ClNO3S. The Hall–Kier alpha value is -0.290. The molecule has 0 bridgehead atoms. The third kappa shape index (κ3) is 3.65. The van der Waals surface area contributed by atoms with Gasteiger partial charge in [0, 0.05) is 24.9 Å². The van der Waals surface area contributed by atoms with Crippen molar-refractivity contribution in [1.82, 2.24) is 4.90 Å². The second-order valence-corrected chi connectivity index (χ2v) is 6.50. The van der Waals surface area contributed by atoms with Crippen molar-refractivity contribution in [1.29, 1.82) is 0 Å². The Balaban J connectivity index is 2.62. The fraction of sp³-hybridized carbons (Fsp3) is 0.889. The number of sulfone groups is 1. The zero-order chi connectivity index (χ0) is 11.5. The summed E-state index contributed by atoms with van der Waals surface area (Å²) in [7, 11) is -2.94. The first-order chi connectivity index (χ1) is 6.96. The van der Waals surface area contributed by atoms with Gasteiger partial charge in [-0.05, 0) is 6.42 Å². The van der Waals surface area contributed by atoms with Crippen LogP contribution in [-0.4, -0.2) is 49.7 Å². The van der Waals surface area contributed by atoms with Gasteiger partial charge in [0.15, 0.2) is 9.84 Å². The van der Waals surface area contributed by atoms with Crippen molar-refractivity contribution < 1.29 is 13.2 Å². The molecule has 15 heavy (non-hydrogen) atoms. The highest BCUT2D eigenvalue weighted by atomic mass is 35.5. The molecule has 1 unspecified atom stereocenters. The van der Waals surface area contributed by atoms with Crippen molar-refractivity contribution >= 4 is 27.3 Å². The monoisotopic (exact) mass is 253 g/mol. The lowest BCUT2D eigenvalue weighted by Gasteiger charge is -2.22. The molecule has 0 spiro atoms. The normalized spacial score (nSPS) is 23.2. The summed E-state index contributed by atoms with van der Waals surface area (Å²) >= 11 is 5.60. The van der Waals surface area contributed by atoms with Gasteiger partial charge in [0.1, 0.15) is 0 Å². The number of hydrogen-bond donors (Lipinski definition) is 0. The molecule has 1 saturated heterocycles. The number of alkyl halides is 1. The second kappa shape index (κ2) is 5.16. The van der Waals surface area contributed by atoms with Crippen LogP contribution in [0.3, 0.4) is 0 Å². The van der Waals surface area contributed by atoms with Crippen molar-refractivity contribution in [2.75, 3.05) is 30.5 Å². The largest absolute Gasteiger partial charge is 0.341 e. The molecule has 1 rings (SSSR count). The van der Waals surface area contributed by atoms with E-state index in [1.807, 2.05) is 0 Å². The molecule has 1 atom stereocenters. The van der Waals surface area contributed by atoms with Crippen LogP contribution in [0.2, 0.25) is 0 Å². The Labute approximate surface area is 95.5 Å². The lowest BCUT2D eigenvalue weighted by atomic mass is 10.2. The summed E-state index contributed by atoms with van der Waals surface area (Å²) in [5, 5.41) is 0. The van der Waals surface area contributed by atoms with Gasteiger partial charge in [0.05, 0.1) is 11.5 Å². The van der Waals surface area contributed by atoms with Crippen molar-refractivity contribution in [3.05, 3.63) is 0 Å². The molecule has 0 aliphatic carbocycles. The van der Waals surface area contributed by atoms with E-state index in [2.05, 4.69) is 0 Å². The third-order valence-corrected chi connectivity index (χ3v) is 4.70. The van der Waals surface area contributed by atoms with E-state index in [4.69, 9.17) is 11.6 Å². The Morgan fingerprint density at radius 1 is 1.40 bits per heavy atom. The van der Waals surface area contributed by atoms with Crippen LogP contribution in [0.15, 0.2) is 0 Å². The van der Waals surface area contributed by atoms with E-state index in [1.54, 1.807) is 11.8 Å². The molecule has 1 aliphatic heterocycles. The van der Waals surface area contributed by atoms with Gasteiger partial charge in [-0.2, -0.15) is 0 Å². The molecule has 88 valence electrons. The van der Waals surface area contributed by atoms with Gasteiger partial charge in [-0.1, -0.05) is 6.92 Å². The topological polar surface area (TPSA) is 54.5 Å². The summed E-state index contributed by atoms with van der Waals surface area (Å²) in [5.41, 5.74) is 0. The molecule has 4 nitrogen and oxygen atoms in total. The third-order valence-electron chi connectivity index (χ3n) is 2.52. The first-order valence-electron chi connectivity index (χ1n) is 5.01. The smallest absolute Gasteiger partial charge is 0.226 e. The molecule has 1 heterocycles. The number of halogens is 1. The lowest BCUT2D eigenvalue weighted by Crippen LogP contribution is -2.37. The molecule has 0 radical (unpaired) electrons. The van der Waals surface area contributed by atoms with Crippen molar-refractivity contribution in [3.8, 4) is 0 Å². The van der Waals surface area contributed by atoms with E-state index in [1.165, 1.54) is 0 Å². The van der Waals surface area contributed by atoms with Gasteiger partial charge in [0.25, 0.3) is 0 Å². The highest BCUT2D eigenvalue weighted by Crippen LogP contribution is 2.10. The number of hydrogen-bond acceptors (Lipinski definition) is 3. The molecule has 6 heteroatoms. The molecule has 0 aromatic rings. The van der Waals surface area contributed by atoms with Gasteiger partial charge < -0.3 is 4.90 Å². The fourth-order valence-electron chi connectivity index (χ4n) is 1.54. The van der Waals surface area contributed by atoms with Crippen LogP contribution < -0.4 is 0 Å². The summed E-state index contributed by atoms with van der Waals surface area (Å²) in [5.74, 6) is 0.275. The summed E-state index contributed by atoms with van der Waals surface area (Å²) in [6, 6.07) is 0. The van der Waals surface area contributed by atoms with Crippen molar-refractivity contribution in [2.24, 2.45) is 5.92 Å². The Bertz CT molecular complexity index is 328. The van der Waals surface area contributed by atoms with E-state index in [-0.39, 0.29) is 29.2 Å². The maximum absolute atomic E-state index is 11.7. The number of amides is 1. The Morgan fingerprint density at radius 2 is 2.07 bits per heavy atom. The molecule has 0 saturated carbocycles. The van der Waals surface area contributed by atoms with Crippen molar-refractivity contribution in [2.45, 2.75) is 13.3 Å². The zero-order valence-corrected chi connectivity index (χ0v) is 10.4. The molecule has 1 aliphatic rings. The molecule has 0 N–H and O–H groups in total. The van der Waals surface area contributed by atoms with Gasteiger partial charge >= 0.3 is 0 Å². The predicted octanol–water partition coefficient (Wildman–Crippen LogP) is 0.508. The summed E-state index contributed by atoms with van der Waals surface area (Å²) in [6.07, 6.45) is 0.531. The van der Waals surface area contributed by atoms with Crippen LogP contribution in [0, 0.1) is 5.92 Å². The SMILES string of the molecule is CC(CCl)C(=O)N1CCCS(=O)(=O)CC1. The van der Waals surface area contributed by atoms with Crippen LogP contribution in [0.4, 0.5) is 0 Å². The van der Waals surface area contributed by atoms with Gasteiger partial charge in [-0.25, -0.2) is 8.42 Å². The number of carbonyl (C=O) groups is 1. The first kappa shape index (κ1) is 12.8. The zero-order valence-electron chi connectivity index (χ0n) is 8.78. The highest BCUT2D eigenvalue weighted by Gasteiger charge is 2.24. The minimum Gasteiger partial charge on any atom is -0.341 e. The fourth-order valence-corrected chi connectivity index (χ4v) is 2.94. The predicted molar refractivity (Wildman–Crippen MR) is 59.7 cm³/mol. The summed E-state index contributed by atoms with van der Waals surface area (Å²) in [6.45, 7) is 2.59. The van der Waals surface area contributed by atoms with E-state index in [0.717, 1.165) is 0 Å². The van der Waals surface area contributed by atoms with Crippen LogP contribution in [0.5, 0.6) is 0 Å². The minimum atomic E-state index is -2.94. The number of nitrogens with zero attached hydrogens (tertiary/aromatic N) is 1. The Morgan fingerprint density at radius 3 is 2.67 bits per heavy atom. The molecular weight excluding hydrogens is 238 g/mol. The van der Waals surface area contributed by atoms with E-state index < -0.39 is 9.84 Å². The van der Waals surface area contributed by atoms with E-state index in [9.17, 15) is 13.2 Å². The van der Waals surface area contributed by atoms with Crippen LogP contribution in [0.1, 0.15) is 13.3 Å². The maximum atomic E-state index is 11.7. The van der Waals surface area contributed by atoms with Gasteiger partial charge in [0.2, 0.25) is 5.91 Å².